The molecule has 0 saturated carbocycles. The van der Waals surface area contributed by atoms with E-state index in [-0.39, 0.29) is 29.8 Å². The zero-order valence-corrected chi connectivity index (χ0v) is 16.9. The minimum atomic E-state index is -4.03. The van der Waals surface area contributed by atoms with E-state index in [4.69, 9.17) is 4.74 Å². The molecule has 2 atom stereocenters. The Balaban J connectivity index is 1.66. The number of nitrogens with zero attached hydrogens (tertiary/aromatic N) is 1. The van der Waals surface area contributed by atoms with Crippen LogP contribution in [0.1, 0.15) is 25.7 Å². The van der Waals surface area contributed by atoms with Crippen molar-refractivity contribution >= 4 is 15.7 Å². The minimum absolute atomic E-state index is 0.00140. The number of fused-ring (bicyclic) bond motifs is 2. The lowest BCUT2D eigenvalue weighted by molar-refractivity contribution is -0.134. The van der Waals surface area contributed by atoms with Gasteiger partial charge < -0.3 is 9.64 Å². The number of piperidine rings is 1. The van der Waals surface area contributed by atoms with E-state index < -0.39 is 20.5 Å². The number of hydrogen-bond donors (Lipinski definition) is 2. The van der Waals surface area contributed by atoms with Gasteiger partial charge in [0.1, 0.15) is 11.5 Å². The topological polar surface area (TPSA) is 95.9 Å². The molecule has 4 rings (SSSR count). The van der Waals surface area contributed by atoms with Crippen molar-refractivity contribution in [3.8, 4) is 11.5 Å². The van der Waals surface area contributed by atoms with E-state index in [2.05, 4.69) is 4.90 Å². The van der Waals surface area contributed by atoms with Crippen molar-refractivity contribution in [2.24, 2.45) is 0 Å². The summed E-state index contributed by atoms with van der Waals surface area (Å²) in [6.45, 7) is 0. The lowest BCUT2D eigenvalue weighted by atomic mass is 9.89. The molecule has 2 N–H and O–H groups in total. The monoisotopic (exact) mass is 416 g/mol. The maximum atomic E-state index is 13.6. The average Bonchev–Trinajstić information content (AvgIpc) is 2.94. The van der Waals surface area contributed by atoms with Crippen LogP contribution in [0.15, 0.2) is 59.5 Å². The highest BCUT2D eigenvalue weighted by Crippen LogP contribution is 2.46. The lowest BCUT2D eigenvalue weighted by Crippen LogP contribution is -2.60. The molecule has 0 spiro atoms. The predicted molar refractivity (Wildman–Crippen MR) is 107 cm³/mol. The first kappa shape index (κ1) is 19.9. The van der Waals surface area contributed by atoms with Crippen molar-refractivity contribution in [1.82, 2.24) is 10.4 Å². The second-order valence-corrected chi connectivity index (χ2v) is 10.0. The van der Waals surface area contributed by atoms with Crippen LogP contribution < -0.4 is 10.2 Å². The van der Waals surface area contributed by atoms with Gasteiger partial charge in [0.25, 0.3) is 5.91 Å². The standard InChI is InChI=1S/C21H24N2O5S/c1-23-15-7-8-16(23)14-21(13-15,20(24)22-25)29(26,27)19-11-9-18(10-12-19)28-17-5-3-2-4-6-17/h2-6,9-12,15-16,25H,7-8,13-14H2,1H3,(H,22,24). The Bertz CT molecular complexity index is 977. The van der Waals surface area contributed by atoms with Crippen LogP contribution >= 0.6 is 0 Å². The molecule has 29 heavy (non-hydrogen) atoms. The van der Waals surface area contributed by atoms with E-state index in [9.17, 15) is 18.4 Å². The van der Waals surface area contributed by atoms with Crippen molar-refractivity contribution in [2.45, 2.75) is 47.4 Å². The molecule has 2 unspecified atom stereocenters. The number of carbonyl (C=O) groups is 1. The Morgan fingerprint density at radius 2 is 1.59 bits per heavy atom. The summed E-state index contributed by atoms with van der Waals surface area (Å²) in [5, 5.41) is 9.33. The van der Waals surface area contributed by atoms with Crippen LogP contribution in [-0.4, -0.2) is 48.3 Å². The number of benzene rings is 2. The van der Waals surface area contributed by atoms with Crippen LogP contribution in [0.25, 0.3) is 0 Å². The molecule has 7 nitrogen and oxygen atoms in total. The Labute approximate surface area is 170 Å². The normalized spacial score (nSPS) is 26.8. The fraction of sp³-hybridized carbons (Fsp3) is 0.381. The highest BCUT2D eigenvalue weighted by atomic mass is 32.2. The molecule has 2 heterocycles. The Morgan fingerprint density at radius 1 is 1.03 bits per heavy atom. The second-order valence-electron chi connectivity index (χ2n) is 7.78. The number of rotatable bonds is 5. The summed E-state index contributed by atoms with van der Waals surface area (Å²) in [4.78, 5) is 14.9. The van der Waals surface area contributed by atoms with E-state index in [1.165, 1.54) is 12.1 Å². The molecular formula is C21H24N2O5S. The molecule has 154 valence electrons. The third kappa shape index (κ3) is 3.31. The maximum Gasteiger partial charge on any atom is 0.265 e. The predicted octanol–water partition coefficient (Wildman–Crippen LogP) is 2.75. The molecule has 2 aliphatic rings. The summed E-state index contributed by atoms with van der Waals surface area (Å²) in [7, 11) is -2.06. The van der Waals surface area contributed by atoms with E-state index in [0.717, 1.165) is 12.8 Å². The van der Waals surface area contributed by atoms with Crippen molar-refractivity contribution in [3.05, 3.63) is 54.6 Å². The highest BCUT2D eigenvalue weighted by molar-refractivity contribution is 7.93. The van der Waals surface area contributed by atoms with Crippen molar-refractivity contribution in [2.75, 3.05) is 7.05 Å². The van der Waals surface area contributed by atoms with Gasteiger partial charge in [0, 0.05) is 12.1 Å². The first-order valence-electron chi connectivity index (χ1n) is 9.61. The van der Waals surface area contributed by atoms with Crippen molar-refractivity contribution < 1.29 is 23.2 Å². The van der Waals surface area contributed by atoms with Gasteiger partial charge in [0.05, 0.1) is 4.90 Å². The Kier molecular flexibility index (Phi) is 5.10. The molecule has 0 aliphatic carbocycles. The van der Waals surface area contributed by atoms with Gasteiger partial charge in [0.2, 0.25) is 0 Å². The number of hydrogen-bond acceptors (Lipinski definition) is 6. The molecule has 0 radical (unpaired) electrons. The van der Waals surface area contributed by atoms with Gasteiger partial charge in [-0.3, -0.25) is 10.0 Å². The first-order valence-corrected chi connectivity index (χ1v) is 11.1. The summed E-state index contributed by atoms with van der Waals surface area (Å²) in [6, 6.07) is 15.3. The molecular weight excluding hydrogens is 392 g/mol. The summed E-state index contributed by atoms with van der Waals surface area (Å²) < 4.78 is 31.2. The molecule has 0 aromatic heterocycles. The van der Waals surface area contributed by atoms with Gasteiger partial charge in [-0.05, 0) is 69.1 Å². The van der Waals surface area contributed by atoms with Crippen LogP contribution in [0.4, 0.5) is 0 Å². The lowest BCUT2D eigenvalue weighted by Gasteiger charge is -2.43. The number of carbonyl (C=O) groups excluding carboxylic acids is 1. The highest BCUT2D eigenvalue weighted by Gasteiger charge is 2.59. The van der Waals surface area contributed by atoms with Crippen LogP contribution in [0.5, 0.6) is 11.5 Å². The van der Waals surface area contributed by atoms with Crippen LogP contribution in [0.2, 0.25) is 0 Å². The average molecular weight is 416 g/mol. The molecule has 2 fully saturated rings. The quantitative estimate of drug-likeness (QED) is 0.575. The zero-order valence-electron chi connectivity index (χ0n) is 16.1. The molecule has 2 saturated heterocycles. The minimum Gasteiger partial charge on any atom is -0.457 e. The number of para-hydroxylation sites is 1. The van der Waals surface area contributed by atoms with Gasteiger partial charge >= 0.3 is 0 Å². The largest absolute Gasteiger partial charge is 0.457 e. The fourth-order valence-corrected chi connectivity index (χ4v) is 6.65. The molecule has 2 bridgehead atoms. The number of amides is 1. The fourth-order valence-electron chi connectivity index (χ4n) is 4.59. The Hall–Kier alpha value is -2.42. The SMILES string of the molecule is CN1C2CCC1CC(C(=O)NO)(S(=O)(=O)c1ccc(Oc3ccccc3)cc1)C2. The number of nitrogens with one attached hydrogen (secondary N) is 1. The van der Waals surface area contributed by atoms with Crippen molar-refractivity contribution in [1.29, 1.82) is 0 Å². The summed E-state index contributed by atoms with van der Waals surface area (Å²) in [6.07, 6.45) is 2.02. The summed E-state index contributed by atoms with van der Waals surface area (Å²) in [5.74, 6) is 0.289. The third-order valence-electron chi connectivity index (χ3n) is 6.26. The van der Waals surface area contributed by atoms with Gasteiger partial charge in [-0.15, -0.1) is 0 Å². The van der Waals surface area contributed by atoms with E-state index >= 15 is 0 Å². The van der Waals surface area contributed by atoms with Crippen LogP contribution in [-0.2, 0) is 14.6 Å². The molecule has 2 aliphatic heterocycles. The van der Waals surface area contributed by atoms with E-state index in [0.29, 0.717) is 11.5 Å². The van der Waals surface area contributed by atoms with Gasteiger partial charge in [-0.2, -0.15) is 0 Å². The smallest absolute Gasteiger partial charge is 0.265 e. The maximum absolute atomic E-state index is 13.6. The van der Waals surface area contributed by atoms with Gasteiger partial charge in [-0.25, -0.2) is 13.9 Å². The summed E-state index contributed by atoms with van der Waals surface area (Å²) >= 11 is 0. The van der Waals surface area contributed by atoms with Gasteiger partial charge in [-0.1, -0.05) is 18.2 Å². The number of hydroxylamine groups is 1. The molecule has 8 heteroatoms. The number of sulfone groups is 1. The number of ether oxygens (including phenoxy) is 1. The summed E-state index contributed by atoms with van der Waals surface area (Å²) in [5.41, 5.74) is 1.62. The second kappa shape index (κ2) is 7.44. The zero-order chi connectivity index (χ0) is 20.6. The molecule has 2 aromatic carbocycles. The molecule has 2 aromatic rings. The Morgan fingerprint density at radius 3 is 2.14 bits per heavy atom. The van der Waals surface area contributed by atoms with Crippen LogP contribution in [0, 0.1) is 0 Å². The molecule has 1 amide bonds. The van der Waals surface area contributed by atoms with E-state index in [1.54, 1.807) is 29.7 Å². The van der Waals surface area contributed by atoms with Crippen molar-refractivity contribution in [3.63, 3.8) is 0 Å². The van der Waals surface area contributed by atoms with Crippen LogP contribution in [0.3, 0.4) is 0 Å². The first-order chi connectivity index (χ1) is 13.9. The van der Waals surface area contributed by atoms with Gasteiger partial charge in [0.15, 0.2) is 14.6 Å². The third-order valence-corrected chi connectivity index (χ3v) is 8.70. The van der Waals surface area contributed by atoms with E-state index in [1.807, 2.05) is 25.2 Å².